The molecule has 1 N–H and O–H groups in total. The smallest absolute Gasteiger partial charge is 0.244 e. The third kappa shape index (κ3) is 4.23. The Labute approximate surface area is 152 Å². The molecular weight excluding hydrogens is 332 g/mol. The molecule has 2 aromatic carbocycles. The average Bonchev–Trinajstić information content (AvgIpc) is 2.71. The van der Waals surface area contributed by atoms with Crippen LogP contribution in [0.25, 0.3) is 0 Å². The van der Waals surface area contributed by atoms with Gasteiger partial charge in [0.15, 0.2) is 0 Å². The second-order valence-corrected chi connectivity index (χ2v) is 7.66. The van der Waals surface area contributed by atoms with Crippen molar-refractivity contribution in [2.45, 2.75) is 36.8 Å². The van der Waals surface area contributed by atoms with E-state index in [0.717, 1.165) is 22.7 Å². The van der Waals surface area contributed by atoms with E-state index in [1.54, 1.807) is 16.7 Å². The van der Waals surface area contributed by atoms with Gasteiger partial charge in [0.05, 0.1) is 5.69 Å². The fourth-order valence-electron chi connectivity index (χ4n) is 2.87. The Morgan fingerprint density at radius 1 is 1.20 bits per heavy atom. The third-order valence-corrected chi connectivity index (χ3v) is 5.36. The van der Waals surface area contributed by atoms with Gasteiger partial charge in [0.25, 0.3) is 0 Å². The Balaban J connectivity index is 1.76. The first-order valence-electron chi connectivity index (χ1n) is 8.51. The van der Waals surface area contributed by atoms with Crippen molar-refractivity contribution in [3.05, 3.63) is 54.1 Å². The molecule has 3 rings (SSSR count). The van der Waals surface area contributed by atoms with Crippen LogP contribution in [0.4, 0.5) is 11.4 Å². The highest BCUT2D eigenvalue weighted by molar-refractivity contribution is 8.00. The van der Waals surface area contributed by atoms with Crippen molar-refractivity contribution in [3.8, 4) is 0 Å². The van der Waals surface area contributed by atoms with Gasteiger partial charge in [-0.25, -0.2) is 0 Å². The van der Waals surface area contributed by atoms with Crippen LogP contribution in [0.1, 0.15) is 25.8 Å². The lowest BCUT2D eigenvalue weighted by atomic mass is 10.1. The topological polar surface area (TPSA) is 49.4 Å². The van der Waals surface area contributed by atoms with Gasteiger partial charge in [0.1, 0.15) is 6.54 Å². The number of hydrogen-bond acceptors (Lipinski definition) is 3. The zero-order chi connectivity index (χ0) is 17.8. The number of thioether (sulfide) groups is 1. The number of hydrogen-bond donors (Lipinski definition) is 1. The van der Waals surface area contributed by atoms with Crippen LogP contribution < -0.4 is 10.2 Å². The van der Waals surface area contributed by atoms with Crippen LogP contribution in [0, 0.1) is 0 Å². The molecule has 0 unspecified atom stereocenters. The van der Waals surface area contributed by atoms with Gasteiger partial charge in [0, 0.05) is 22.3 Å². The number of aryl methyl sites for hydroxylation is 1. The number of carbonyl (C=O) groups is 2. The van der Waals surface area contributed by atoms with Gasteiger partial charge in [0.2, 0.25) is 11.8 Å². The molecule has 0 saturated heterocycles. The van der Waals surface area contributed by atoms with E-state index in [1.807, 2.05) is 55.5 Å². The number of carbonyl (C=O) groups excluding carboxylic acids is 2. The predicted octanol–water partition coefficient (Wildman–Crippen LogP) is 4.11. The predicted molar refractivity (Wildman–Crippen MR) is 103 cm³/mol. The van der Waals surface area contributed by atoms with Crippen LogP contribution in [-0.4, -0.2) is 23.6 Å². The van der Waals surface area contributed by atoms with Crippen LogP contribution in [0.3, 0.4) is 0 Å². The largest absolute Gasteiger partial charge is 0.325 e. The molecule has 0 aliphatic carbocycles. The number of nitrogens with one attached hydrogen (secondary N) is 1. The molecule has 0 bridgehead atoms. The lowest BCUT2D eigenvalue weighted by Gasteiger charge is -2.22. The van der Waals surface area contributed by atoms with Gasteiger partial charge in [-0.15, -0.1) is 11.8 Å². The van der Waals surface area contributed by atoms with Crippen molar-refractivity contribution in [1.29, 1.82) is 0 Å². The molecule has 130 valence electrons. The van der Waals surface area contributed by atoms with Crippen molar-refractivity contribution in [2.75, 3.05) is 16.8 Å². The maximum absolute atomic E-state index is 12.6. The van der Waals surface area contributed by atoms with Crippen LogP contribution in [0.2, 0.25) is 0 Å². The van der Waals surface area contributed by atoms with Crippen LogP contribution >= 0.6 is 11.8 Å². The molecule has 0 spiro atoms. The summed E-state index contributed by atoms with van der Waals surface area (Å²) in [5.74, 6) is -0.201. The third-order valence-electron chi connectivity index (χ3n) is 4.19. The second-order valence-electron chi connectivity index (χ2n) is 6.18. The molecule has 4 nitrogen and oxygen atoms in total. The first kappa shape index (κ1) is 17.5. The maximum atomic E-state index is 12.6. The molecule has 2 amide bonds. The SMILES string of the molecule is CCc1ccc(NC(=O)CN2C(=O)C[C@@H](C)Sc3ccccc32)cc1. The van der Waals surface area contributed by atoms with Gasteiger partial charge in [-0.1, -0.05) is 38.1 Å². The van der Waals surface area contributed by atoms with Gasteiger partial charge in [-0.2, -0.15) is 0 Å². The molecule has 1 atom stereocenters. The number of rotatable bonds is 4. The molecule has 1 heterocycles. The summed E-state index contributed by atoms with van der Waals surface area (Å²) in [6, 6.07) is 15.6. The summed E-state index contributed by atoms with van der Waals surface area (Å²) in [5.41, 5.74) is 2.79. The number of para-hydroxylation sites is 1. The number of nitrogens with zero attached hydrogens (tertiary/aromatic N) is 1. The molecule has 1 aliphatic rings. The minimum atomic E-state index is -0.188. The lowest BCUT2D eigenvalue weighted by molar-refractivity contribution is -0.121. The van der Waals surface area contributed by atoms with E-state index in [9.17, 15) is 9.59 Å². The zero-order valence-corrected chi connectivity index (χ0v) is 15.3. The maximum Gasteiger partial charge on any atom is 0.244 e. The Morgan fingerprint density at radius 3 is 2.64 bits per heavy atom. The van der Waals surface area contributed by atoms with Crippen LogP contribution in [0.15, 0.2) is 53.4 Å². The molecule has 0 radical (unpaired) electrons. The molecule has 0 saturated carbocycles. The second kappa shape index (κ2) is 7.74. The Kier molecular flexibility index (Phi) is 5.43. The lowest BCUT2D eigenvalue weighted by Crippen LogP contribution is -2.38. The average molecular weight is 354 g/mol. The summed E-state index contributed by atoms with van der Waals surface area (Å²) < 4.78 is 0. The number of amides is 2. The van der Waals surface area contributed by atoms with Crippen LogP contribution in [-0.2, 0) is 16.0 Å². The highest BCUT2D eigenvalue weighted by Crippen LogP contribution is 2.37. The van der Waals surface area contributed by atoms with Crippen molar-refractivity contribution in [1.82, 2.24) is 0 Å². The fraction of sp³-hybridized carbons (Fsp3) is 0.300. The summed E-state index contributed by atoms with van der Waals surface area (Å²) in [5, 5.41) is 3.08. The van der Waals surface area contributed by atoms with Gasteiger partial charge in [-0.05, 0) is 36.2 Å². The van der Waals surface area contributed by atoms with Crippen molar-refractivity contribution in [2.24, 2.45) is 0 Å². The molecule has 0 fully saturated rings. The summed E-state index contributed by atoms with van der Waals surface area (Å²) in [6.07, 6.45) is 1.39. The summed E-state index contributed by atoms with van der Waals surface area (Å²) in [6.45, 7) is 4.16. The van der Waals surface area contributed by atoms with Crippen molar-refractivity contribution >= 4 is 35.0 Å². The van der Waals surface area contributed by atoms with E-state index in [-0.39, 0.29) is 23.6 Å². The van der Waals surface area contributed by atoms with E-state index in [0.29, 0.717) is 6.42 Å². The minimum absolute atomic E-state index is 0.0126. The summed E-state index contributed by atoms with van der Waals surface area (Å²) >= 11 is 1.68. The van der Waals surface area contributed by atoms with E-state index >= 15 is 0 Å². The Morgan fingerprint density at radius 2 is 1.92 bits per heavy atom. The monoisotopic (exact) mass is 354 g/mol. The summed E-state index contributed by atoms with van der Waals surface area (Å²) in [7, 11) is 0. The summed E-state index contributed by atoms with van der Waals surface area (Å²) in [4.78, 5) is 27.7. The quantitative estimate of drug-likeness (QED) is 0.899. The minimum Gasteiger partial charge on any atom is -0.325 e. The van der Waals surface area contributed by atoms with Crippen molar-refractivity contribution in [3.63, 3.8) is 0 Å². The molecule has 2 aromatic rings. The fourth-order valence-corrected chi connectivity index (χ4v) is 3.99. The molecule has 25 heavy (non-hydrogen) atoms. The van der Waals surface area contributed by atoms with E-state index in [1.165, 1.54) is 5.56 Å². The molecular formula is C20H22N2O2S. The normalized spacial score (nSPS) is 17.0. The van der Waals surface area contributed by atoms with E-state index in [4.69, 9.17) is 0 Å². The van der Waals surface area contributed by atoms with E-state index in [2.05, 4.69) is 12.2 Å². The van der Waals surface area contributed by atoms with Gasteiger partial charge >= 0.3 is 0 Å². The molecule has 0 aromatic heterocycles. The number of benzene rings is 2. The Hall–Kier alpha value is -2.27. The Bertz CT molecular complexity index is 774. The van der Waals surface area contributed by atoms with E-state index < -0.39 is 0 Å². The van der Waals surface area contributed by atoms with Crippen LogP contribution in [0.5, 0.6) is 0 Å². The highest BCUT2D eigenvalue weighted by atomic mass is 32.2. The van der Waals surface area contributed by atoms with Gasteiger partial charge < -0.3 is 10.2 Å². The first-order valence-corrected chi connectivity index (χ1v) is 9.39. The molecule has 5 heteroatoms. The van der Waals surface area contributed by atoms with Gasteiger partial charge in [-0.3, -0.25) is 9.59 Å². The standard InChI is InChI=1S/C20H22N2O2S/c1-3-15-8-10-16(11-9-15)21-19(23)13-22-17-6-4-5-7-18(17)25-14(2)12-20(22)24/h4-11,14H,3,12-13H2,1-2H3,(H,21,23)/t14-/m1/s1. The number of anilines is 2. The first-order chi connectivity index (χ1) is 12.1. The zero-order valence-electron chi connectivity index (χ0n) is 14.5. The molecule has 1 aliphatic heterocycles. The van der Waals surface area contributed by atoms with Crippen molar-refractivity contribution < 1.29 is 9.59 Å². The highest BCUT2D eigenvalue weighted by Gasteiger charge is 2.27. The number of fused-ring (bicyclic) bond motifs is 1.